The molecule has 0 saturated carbocycles. The highest BCUT2D eigenvalue weighted by atomic mass is 35.5. The van der Waals surface area contributed by atoms with Crippen molar-refractivity contribution in [1.82, 2.24) is 15.2 Å². The normalized spacial score (nSPS) is 20.1. The van der Waals surface area contributed by atoms with Crippen molar-refractivity contribution in [2.75, 3.05) is 18.0 Å². The SMILES string of the molecule is NC1CCN(c2n[nH]c(-c3ccc(Cl)o3)n2)C1. The van der Waals surface area contributed by atoms with E-state index in [1.54, 1.807) is 12.1 Å². The second kappa shape index (κ2) is 4.05. The molecule has 1 unspecified atom stereocenters. The van der Waals surface area contributed by atoms with Gasteiger partial charge in [0.1, 0.15) is 0 Å². The van der Waals surface area contributed by atoms with Crippen LogP contribution >= 0.6 is 11.6 Å². The molecule has 1 aliphatic rings. The predicted molar refractivity (Wildman–Crippen MR) is 63.9 cm³/mol. The van der Waals surface area contributed by atoms with Crippen molar-refractivity contribution in [3.8, 4) is 11.6 Å². The smallest absolute Gasteiger partial charge is 0.245 e. The van der Waals surface area contributed by atoms with E-state index in [0.717, 1.165) is 19.5 Å². The van der Waals surface area contributed by atoms with Gasteiger partial charge in [0.15, 0.2) is 16.8 Å². The van der Waals surface area contributed by atoms with Crippen molar-refractivity contribution >= 4 is 17.5 Å². The van der Waals surface area contributed by atoms with E-state index in [2.05, 4.69) is 20.1 Å². The minimum absolute atomic E-state index is 0.204. The molecule has 2 aromatic rings. The summed E-state index contributed by atoms with van der Waals surface area (Å²) in [6, 6.07) is 3.63. The summed E-state index contributed by atoms with van der Waals surface area (Å²) >= 11 is 5.71. The van der Waals surface area contributed by atoms with Gasteiger partial charge in [0.25, 0.3) is 0 Å². The Balaban J connectivity index is 1.83. The molecule has 17 heavy (non-hydrogen) atoms. The first-order valence-corrected chi connectivity index (χ1v) is 5.79. The van der Waals surface area contributed by atoms with Gasteiger partial charge in [0, 0.05) is 19.1 Å². The molecule has 1 saturated heterocycles. The van der Waals surface area contributed by atoms with Crippen LogP contribution in [0.5, 0.6) is 0 Å². The lowest BCUT2D eigenvalue weighted by Gasteiger charge is -2.11. The molecule has 3 heterocycles. The van der Waals surface area contributed by atoms with Crippen molar-refractivity contribution < 1.29 is 4.42 Å². The first-order chi connectivity index (χ1) is 8.22. The quantitative estimate of drug-likeness (QED) is 0.842. The molecule has 0 aromatic carbocycles. The zero-order valence-corrected chi connectivity index (χ0v) is 9.81. The largest absolute Gasteiger partial charge is 0.441 e. The number of nitrogens with two attached hydrogens (primary N) is 1. The molecule has 1 atom stereocenters. The van der Waals surface area contributed by atoms with Crippen LogP contribution in [0.4, 0.5) is 5.95 Å². The lowest BCUT2D eigenvalue weighted by atomic mass is 10.3. The Morgan fingerprint density at radius 3 is 3.06 bits per heavy atom. The number of H-pyrrole nitrogens is 1. The van der Waals surface area contributed by atoms with Crippen LogP contribution in [-0.2, 0) is 0 Å². The summed E-state index contributed by atoms with van der Waals surface area (Å²) in [4.78, 5) is 6.41. The maximum atomic E-state index is 5.84. The summed E-state index contributed by atoms with van der Waals surface area (Å²) in [5, 5.41) is 7.31. The average Bonchev–Trinajstić information content (AvgIpc) is 2.96. The number of halogens is 1. The van der Waals surface area contributed by atoms with Gasteiger partial charge in [-0.2, -0.15) is 4.98 Å². The molecule has 0 radical (unpaired) electrons. The Bertz CT molecular complexity index is 522. The highest BCUT2D eigenvalue weighted by Crippen LogP contribution is 2.23. The number of nitrogens with one attached hydrogen (secondary N) is 1. The molecule has 0 bridgehead atoms. The summed E-state index contributed by atoms with van der Waals surface area (Å²) in [6.45, 7) is 1.67. The number of aromatic amines is 1. The highest BCUT2D eigenvalue weighted by molar-refractivity contribution is 6.28. The van der Waals surface area contributed by atoms with Gasteiger partial charge in [-0.05, 0) is 30.2 Å². The first-order valence-electron chi connectivity index (χ1n) is 5.41. The van der Waals surface area contributed by atoms with Crippen molar-refractivity contribution in [2.45, 2.75) is 12.5 Å². The van der Waals surface area contributed by atoms with Crippen molar-refractivity contribution in [1.29, 1.82) is 0 Å². The Labute approximate surface area is 103 Å². The van der Waals surface area contributed by atoms with E-state index in [9.17, 15) is 0 Å². The van der Waals surface area contributed by atoms with E-state index < -0.39 is 0 Å². The van der Waals surface area contributed by atoms with Crippen molar-refractivity contribution in [2.24, 2.45) is 5.73 Å². The lowest BCUT2D eigenvalue weighted by molar-refractivity contribution is 0.579. The molecule has 0 spiro atoms. The number of hydrogen-bond donors (Lipinski definition) is 2. The Morgan fingerprint density at radius 1 is 1.53 bits per heavy atom. The Hall–Kier alpha value is -1.53. The van der Waals surface area contributed by atoms with Crippen LogP contribution in [0.25, 0.3) is 11.6 Å². The molecule has 3 N–H and O–H groups in total. The third kappa shape index (κ3) is 2.01. The summed E-state index contributed by atoms with van der Waals surface area (Å²) in [5.41, 5.74) is 5.84. The summed E-state index contributed by atoms with van der Waals surface area (Å²) < 4.78 is 5.26. The van der Waals surface area contributed by atoms with E-state index in [-0.39, 0.29) is 6.04 Å². The molecular weight excluding hydrogens is 242 g/mol. The lowest BCUT2D eigenvalue weighted by Crippen LogP contribution is -2.26. The monoisotopic (exact) mass is 253 g/mol. The Kier molecular flexibility index (Phi) is 2.53. The minimum Gasteiger partial charge on any atom is -0.441 e. The van der Waals surface area contributed by atoms with E-state index in [1.165, 1.54) is 0 Å². The van der Waals surface area contributed by atoms with Crippen LogP contribution in [0.2, 0.25) is 5.22 Å². The topological polar surface area (TPSA) is 84.0 Å². The Morgan fingerprint density at radius 2 is 2.41 bits per heavy atom. The predicted octanol–water partition coefficient (Wildman–Crippen LogP) is 1.26. The van der Waals surface area contributed by atoms with Crippen LogP contribution in [0.1, 0.15) is 6.42 Å². The van der Waals surface area contributed by atoms with Crippen LogP contribution in [-0.4, -0.2) is 34.3 Å². The van der Waals surface area contributed by atoms with Gasteiger partial charge in [-0.3, -0.25) is 5.10 Å². The molecule has 1 fully saturated rings. The van der Waals surface area contributed by atoms with Gasteiger partial charge in [0.05, 0.1) is 0 Å². The van der Waals surface area contributed by atoms with E-state index in [4.69, 9.17) is 21.8 Å². The molecule has 0 amide bonds. The van der Waals surface area contributed by atoms with Crippen molar-refractivity contribution in [3.05, 3.63) is 17.4 Å². The molecular formula is C10H12ClN5O. The number of hydrogen-bond acceptors (Lipinski definition) is 5. The summed E-state index contributed by atoms with van der Waals surface area (Å²) in [7, 11) is 0. The molecule has 6 nitrogen and oxygen atoms in total. The number of furan rings is 1. The standard InChI is InChI=1S/C10H12ClN5O/c11-8-2-1-7(17-8)9-13-10(15-14-9)16-4-3-6(12)5-16/h1-2,6H,3-5,12H2,(H,13,14,15). The number of nitrogens with zero attached hydrogens (tertiary/aromatic N) is 3. The molecule has 1 aliphatic heterocycles. The fourth-order valence-electron chi connectivity index (χ4n) is 1.92. The van der Waals surface area contributed by atoms with Gasteiger partial charge in [0.2, 0.25) is 5.95 Å². The molecule has 7 heteroatoms. The van der Waals surface area contributed by atoms with E-state index >= 15 is 0 Å². The summed E-state index contributed by atoms with van der Waals surface area (Å²) in [6.07, 6.45) is 0.969. The molecule has 2 aromatic heterocycles. The maximum absolute atomic E-state index is 5.84. The van der Waals surface area contributed by atoms with Gasteiger partial charge in [-0.15, -0.1) is 5.10 Å². The molecule has 90 valence electrons. The second-order valence-corrected chi connectivity index (χ2v) is 4.46. The van der Waals surface area contributed by atoms with E-state index in [0.29, 0.717) is 22.8 Å². The molecule has 0 aliphatic carbocycles. The van der Waals surface area contributed by atoms with Crippen molar-refractivity contribution in [3.63, 3.8) is 0 Å². The van der Waals surface area contributed by atoms with Crippen LogP contribution in [0.3, 0.4) is 0 Å². The third-order valence-electron chi connectivity index (χ3n) is 2.79. The fourth-order valence-corrected chi connectivity index (χ4v) is 2.06. The number of rotatable bonds is 2. The maximum Gasteiger partial charge on any atom is 0.245 e. The first kappa shape index (κ1) is 10.6. The average molecular weight is 254 g/mol. The van der Waals surface area contributed by atoms with Gasteiger partial charge >= 0.3 is 0 Å². The van der Waals surface area contributed by atoms with Gasteiger partial charge < -0.3 is 15.1 Å². The number of aromatic nitrogens is 3. The van der Waals surface area contributed by atoms with Crippen LogP contribution in [0, 0.1) is 0 Å². The zero-order chi connectivity index (χ0) is 11.8. The van der Waals surface area contributed by atoms with Crippen LogP contribution < -0.4 is 10.6 Å². The minimum atomic E-state index is 0.204. The van der Waals surface area contributed by atoms with Crippen LogP contribution in [0.15, 0.2) is 16.5 Å². The molecule has 3 rings (SSSR count). The fraction of sp³-hybridized carbons (Fsp3) is 0.400. The second-order valence-electron chi connectivity index (χ2n) is 4.08. The third-order valence-corrected chi connectivity index (χ3v) is 2.99. The highest BCUT2D eigenvalue weighted by Gasteiger charge is 2.22. The number of anilines is 1. The van der Waals surface area contributed by atoms with Gasteiger partial charge in [-0.25, -0.2) is 0 Å². The van der Waals surface area contributed by atoms with Gasteiger partial charge in [-0.1, -0.05) is 0 Å². The summed E-state index contributed by atoms with van der Waals surface area (Å²) in [5.74, 6) is 1.81. The zero-order valence-electron chi connectivity index (χ0n) is 9.06. The van der Waals surface area contributed by atoms with E-state index in [1.807, 2.05) is 0 Å².